The number of tetrazole rings is 1. The molecule has 190 valence electrons. The van der Waals surface area contributed by atoms with Crippen molar-refractivity contribution >= 4 is 69.6 Å². The number of aromatic nitrogens is 5. The van der Waals surface area contributed by atoms with E-state index in [4.69, 9.17) is 5.73 Å². The second kappa shape index (κ2) is 12.2. The van der Waals surface area contributed by atoms with Crippen LogP contribution in [0.4, 0.5) is 9.93 Å². The Kier molecular flexibility index (Phi) is 9.53. The molecule has 0 spiro atoms. The summed E-state index contributed by atoms with van der Waals surface area (Å²) >= 11 is 3.52. The van der Waals surface area contributed by atoms with Gasteiger partial charge in [0.2, 0.25) is 5.16 Å². The van der Waals surface area contributed by atoms with E-state index in [1.165, 1.54) is 40.6 Å². The Morgan fingerprint density at radius 3 is 2.76 bits per heavy atom. The number of nitrogen functional groups attached to an aromatic ring is 1. The van der Waals surface area contributed by atoms with E-state index in [1.807, 2.05) is 0 Å². The summed E-state index contributed by atoms with van der Waals surface area (Å²) in [5, 5.41) is 32.6. The average molecular weight is 577 g/mol. The van der Waals surface area contributed by atoms with Crippen molar-refractivity contribution in [3.8, 4) is 0 Å². The molecule has 0 aromatic carbocycles. The molecule has 2 aliphatic rings. The van der Waals surface area contributed by atoms with Crippen molar-refractivity contribution in [3.05, 3.63) is 22.3 Å². The minimum absolute atomic E-state index is 0. The average Bonchev–Trinajstić information content (AvgIpc) is 3.47. The molecule has 2 aliphatic heterocycles. The zero-order valence-electron chi connectivity index (χ0n) is 19.5. The molecule has 1 saturated heterocycles. The van der Waals surface area contributed by atoms with Gasteiger partial charge in [-0.2, -0.15) is 0 Å². The fourth-order valence-corrected chi connectivity index (χ4v) is 6.10. The summed E-state index contributed by atoms with van der Waals surface area (Å²) in [6.45, 7) is 0. The van der Waals surface area contributed by atoms with Gasteiger partial charge in [-0.1, -0.05) is 16.9 Å². The standard InChI is InChI=1S/C17H18N10O6S3.Na/c1-19-17(32)33-23-8(7-5-35-15(18)20-7)11(28)21-9-12(29)27-10(14(30)31)6(3-34-13(9)27)4-36-16-22-24-25-26(16)2;/h5,9,13H,3-4H2,1-2H3,(H2,18,20)(H,19,32)(H,21,28)(H,30,31);/q;+1/p-1/t9?,13-;/m0./s1. The predicted molar refractivity (Wildman–Crippen MR) is 125 cm³/mol. The summed E-state index contributed by atoms with van der Waals surface area (Å²) < 4.78 is 1.44. The number of thiazole rings is 1. The predicted octanol–water partition coefficient (Wildman–Crippen LogP) is -5.49. The maximum atomic E-state index is 12.9. The first-order chi connectivity index (χ1) is 17.2. The van der Waals surface area contributed by atoms with Crippen LogP contribution < -0.4 is 51.0 Å². The number of hydrogen-bond acceptors (Lipinski definition) is 15. The number of nitrogens with one attached hydrogen (secondary N) is 2. The molecule has 20 heteroatoms. The van der Waals surface area contributed by atoms with Crippen molar-refractivity contribution in [1.29, 1.82) is 0 Å². The van der Waals surface area contributed by atoms with Crippen LogP contribution in [0, 0.1) is 0 Å². The van der Waals surface area contributed by atoms with Gasteiger partial charge >= 0.3 is 35.7 Å². The van der Waals surface area contributed by atoms with Crippen LogP contribution in [0.1, 0.15) is 5.69 Å². The summed E-state index contributed by atoms with van der Waals surface area (Å²) in [6.07, 6.45) is -0.927. The van der Waals surface area contributed by atoms with Crippen molar-refractivity contribution in [1.82, 2.24) is 40.7 Å². The SMILES string of the molecule is CNC(=O)ON=C(C(=O)NC1C(=O)N2C(C(=O)[O-])=C(CSc3nnnn3C)CS[C@@H]12)c1csc(N)n1.[Na+]. The minimum Gasteiger partial charge on any atom is -0.543 e. The largest absolute Gasteiger partial charge is 1.00 e. The number of thioether (sulfide) groups is 2. The number of nitrogens with zero attached hydrogens (tertiary/aromatic N) is 7. The molecule has 37 heavy (non-hydrogen) atoms. The van der Waals surface area contributed by atoms with E-state index in [2.05, 4.69) is 41.1 Å². The van der Waals surface area contributed by atoms with Crippen molar-refractivity contribution in [2.75, 3.05) is 24.3 Å². The number of rotatable bonds is 8. The maximum Gasteiger partial charge on any atom is 1.00 e. The van der Waals surface area contributed by atoms with Crippen LogP contribution in [0.25, 0.3) is 0 Å². The topological polar surface area (TPSA) is 223 Å². The summed E-state index contributed by atoms with van der Waals surface area (Å²) in [4.78, 5) is 58.9. The van der Waals surface area contributed by atoms with Crippen molar-refractivity contribution < 1.29 is 58.7 Å². The molecule has 2 atom stereocenters. The zero-order valence-corrected chi connectivity index (χ0v) is 24.0. The van der Waals surface area contributed by atoms with Crippen molar-refractivity contribution in [3.63, 3.8) is 0 Å². The van der Waals surface area contributed by atoms with E-state index in [0.717, 1.165) is 16.2 Å². The van der Waals surface area contributed by atoms with Crippen LogP contribution in [0.15, 0.2) is 27.0 Å². The molecule has 16 nitrogen and oxygen atoms in total. The Labute approximate surface area is 243 Å². The second-order valence-corrected chi connectivity index (χ2v) is 10.1. The van der Waals surface area contributed by atoms with Crippen LogP contribution >= 0.6 is 34.9 Å². The number of amides is 3. The molecule has 2 aromatic rings. The molecular weight excluding hydrogens is 559 g/mol. The molecule has 4 heterocycles. The number of carbonyl (C=O) groups excluding carboxylic acids is 4. The van der Waals surface area contributed by atoms with Gasteiger partial charge in [0.1, 0.15) is 17.1 Å². The fourth-order valence-electron chi connectivity index (χ4n) is 3.22. The van der Waals surface area contributed by atoms with Gasteiger partial charge in [0.25, 0.3) is 11.8 Å². The van der Waals surface area contributed by atoms with Gasteiger partial charge in [-0.25, -0.2) is 14.5 Å². The molecule has 4 rings (SSSR count). The van der Waals surface area contributed by atoms with Crippen LogP contribution in [-0.2, 0) is 26.3 Å². The smallest absolute Gasteiger partial charge is 0.543 e. The molecular formula is C17H17N10NaO6S3. The molecule has 2 aromatic heterocycles. The number of carboxylic acid groups (broad SMARTS) is 1. The second-order valence-electron chi connectivity index (χ2n) is 7.11. The molecule has 1 fully saturated rings. The number of aryl methyl sites for hydroxylation is 1. The summed E-state index contributed by atoms with van der Waals surface area (Å²) in [5.41, 5.74) is 5.48. The fraction of sp³-hybridized carbons (Fsp3) is 0.353. The monoisotopic (exact) mass is 576 g/mol. The Morgan fingerprint density at radius 1 is 1.41 bits per heavy atom. The van der Waals surface area contributed by atoms with Gasteiger partial charge in [-0.3, -0.25) is 19.3 Å². The van der Waals surface area contributed by atoms with E-state index >= 15 is 0 Å². The van der Waals surface area contributed by atoms with Gasteiger partial charge in [0.05, 0.1) is 11.7 Å². The maximum absolute atomic E-state index is 12.9. The number of anilines is 1. The molecule has 0 aliphatic carbocycles. The summed E-state index contributed by atoms with van der Waals surface area (Å²) in [7, 11) is 2.95. The first kappa shape index (κ1) is 28.9. The van der Waals surface area contributed by atoms with Gasteiger partial charge in [-0.15, -0.1) is 28.2 Å². The number of carboxylic acids is 1. The minimum atomic E-state index is -1.51. The number of oxime groups is 1. The van der Waals surface area contributed by atoms with Crippen molar-refractivity contribution in [2.24, 2.45) is 12.2 Å². The molecule has 4 N–H and O–H groups in total. The summed E-state index contributed by atoms with van der Waals surface area (Å²) in [5.74, 6) is -2.53. The zero-order chi connectivity index (χ0) is 26.0. The molecule has 3 amide bonds. The van der Waals surface area contributed by atoms with Gasteiger partial charge in [-0.05, 0) is 16.0 Å². The van der Waals surface area contributed by atoms with Gasteiger partial charge < -0.3 is 26.3 Å². The van der Waals surface area contributed by atoms with E-state index in [1.54, 1.807) is 7.05 Å². The third-order valence-electron chi connectivity index (χ3n) is 4.89. The number of carbonyl (C=O) groups is 4. The Balaban J connectivity index is 0.00000380. The van der Waals surface area contributed by atoms with Gasteiger partial charge in [0.15, 0.2) is 10.8 Å². The quantitative estimate of drug-likeness (QED) is 0.0667. The third-order valence-corrected chi connectivity index (χ3v) is 8.00. The Bertz CT molecular complexity index is 1300. The number of fused-ring (bicyclic) bond motifs is 1. The van der Waals surface area contributed by atoms with Crippen molar-refractivity contribution in [2.45, 2.75) is 16.6 Å². The van der Waals surface area contributed by atoms with E-state index in [9.17, 15) is 24.3 Å². The van der Waals surface area contributed by atoms with E-state index in [0.29, 0.717) is 10.7 Å². The first-order valence-corrected chi connectivity index (χ1v) is 12.8. The van der Waals surface area contributed by atoms with E-state index < -0.39 is 35.3 Å². The molecule has 0 bridgehead atoms. The normalized spacial score (nSPS) is 18.9. The Morgan fingerprint density at radius 2 is 2.16 bits per heavy atom. The molecule has 1 unspecified atom stereocenters. The third kappa shape index (κ3) is 6.07. The van der Waals surface area contributed by atoms with Crippen LogP contribution in [-0.4, -0.2) is 89.6 Å². The van der Waals surface area contributed by atoms with Gasteiger partial charge in [0, 0.05) is 31.0 Å². The number of β-lactam (4-membered cyclic amide) rings is 1. The van der Waals surface area contributed by atoms with E-state index in [-0.39, 0.29) is 63.3 Å². The number of hydrogen-bond donors (Lipinski definition) is 3. The molecule has 0 saturated carbocycles. The number of aliphatic carboxylic acids is 1. The number of nitrogens with two attached hydrogens (primary N) is 1. The van der Waals surface area contributed by atoms with Crippen LogP contribution in [0.2, 0.25) is 0 Å². The van der Waals surface area contributed by atoms with Crippen LogP contribution in [0.3, 0.4) is 0 Å². The molecule has 0 radical (unpaired) electrons. The van der Waals surface area contributed by atoms with Crippen LogP contribution in [0.5, 0.6) is 0 Å². The Hall–Kier alpha value is -2.71. The summed E-state index contributed by atoms with van der Waals surface area (Å²) in [6, 6.07) is -1.06. The first-order valence-electron chi connectivity index (χ1n) is 9.93.